The standard InChI is InChI=1S/C20H19ClF3N3O4/c21-16-6-5-15(20(22,23)24)11-17(16)27(19(29)26-7-9-31-10-8-26)12-13-1-3-14(4-2-13)18(28)25-30/h1-6,11,30H,7-10,12H2,(H,25,28). The van der Waals surface area contributed by atoms with Crippen LogP contribution in [0.15, 0.2) is 42.5 Å². The Balaban J connectivity index is 1.97. The number of anilines is 1. The Morgan fingerprint density at radius 2 is 1.77 bits per heavy atom. The number of rotatable bonds is 4. The lowest BCUT2D eigenvalue weighted by Crippen LogP contribution is -2.48. The van der Waals surface area contributed by atoms with Gasteiger partial charge in [0.2, 0.25) is 0 Å². The number of alkyl halides is 3. The molecular weight excluding hydrogens is 439 g/mol. The van der Waals surface area contributed by atoms with Gasteiger partial charge in [-0.2, -0.15) is 13.2 Å². The fourth-order valence-corrected chi connectivity index (χ4v) is 3.31. The quantitative estimate of drug-likeness (QED) is 0.538. The molecule has 0 spiro atoms. The number of hydrogen-bond acceptors (Lipinski definition) is 4. The van der Waals surface area contributed by atoms with Gasteiger partial charge in [-0.25, -0.2) is 10.3 Å². The van der Waals surface area contributed by atoms with E-state index in [0.29, 0.717) is 31.9 Å². The summed E-state index contributed by atoms with van der Waals surface area (Å²) in [6, 6.07) is 8.20. The number of hydroxylamine groups is 1. The molecule has 31 heavy (non-hydrogen) atoms. The van der Waals surface area contributed by atoms with Gasteiger partial charge >= 0.3 is 12.2 Å². The fourth-order valence-electron chi connectivity index (χ4n) is 3.09. The summed E-state index contributed by atoms with van der Waals surface area (Å²) in [5.74, 6) is -0.714. The molecule has 3 amide bonds. The Morgan fingerprint density at radius 1 is 1.13 bits per heavy atom. The van der Waals surface area contributed by atoms with Crippen molar-refractivity contribution in [3.8, 4) is 0 Å². The van der Waals surface area contributed by atoms with E-state index in [-0.39, 0.29) is 22.8 Å². The Kier molecular flexibility index (Phi) is 7.04. The number of morpholine rings is 1. The lowest BCUT2D eigenvalue weighted by atomic mass is 10.1. The van der Waals surface area contributed by atoms with Crippen LogP contribution in [-0.2, 0) is 17.5 Å². The molecule has 1 saturated heterocycles. The molecule has 166 valence electrons. The highest BCUT2D eigenvalue weighted by atomic mass is 35.5. The summed E-state index contributed by atoms with van der Waals surface area (Å²) in [6.45, 7) is 1.14. The van der Waals surface area contributed by atoms with Gasteiger partial charge in [-0.1, -0.05) is 23.7 Å². The minimum Gasteiger partial charge on any atom is -0.378 e. The van der Waals surface area contributed by atoms with Crippen LogP contribution in [0.4, 0.5) is 23.7 Å². The van der Waals surface area contributed by atoms with Crippen LogP contribution in [0.2, 0.25) is 5.02 Å². The van der Waals surface area contributed by atoms with Gasteiger partial charge in [-0.3, -0.25) is 14.9 Å². The number of benzene rings is 2. The third-order valence-corrected chi connectivity index (χ3v) is 5.05. The third kappa shape index (κ3) is 5.46. The van der Waals surface area contributed by atoms with Crippen molar-refractivity contribution in [3.63, 3.8) is 0 Å². The molecule has 7 nitrogen and oxygen atoms in total. The van der Waals surface area contributed by atoms with Crippen LogP contribution in [0.3, 0.4) is 0 Å². The van der Waals surface area contributed by atoms with Crippen molar-refractivity contribution in [2.24, 2.45) is 0 Å². The second-order valence-corrected chi connectivity index (χ2v) is 7.18. The molecule has 2 aromatic rings. The number of nitrogens with one attached hydrogen (secondary N) is 1. The number of nitrogens with zero attached hydrogens (tertiary/aromatic N) is 2. The van der Waals surface area contributed by atoms with Gasteiger partial charge in [0.05, 0.1) is 36.0 Å². The molecule has 11 heteroatoms. The SMILES string of the molecule is O=C(NO)c1ccc(CN(C(=O)N2CCOCC2)c2cc(C(F)(F)F)ccc2Cl)cc1. The predicted octanol–water partition coefficient (Wildman–Crippen LogP) is 3.94. The van der Waals surface area contributed by atoms with E-state index in [2.05, 4.69) is 0 Å². The minimum absolute atomic E-state index is 0.00844. The second kappa shape index (κ2) is 9.54. The molecule has 0 atom stereocenters. The van der Waals surface area contributed by atoms with Gasteiger partial charge in [0.25, 0.3) is 5.91 Å². The molecule has 0 unspecified atom stereocenters. The number of carbonyl (C=O) groups is 2. The fraction of sp³-hybridized carbons (Fsp3) is 0.300. The molecule has 0 bridgehead atoms. The molecule has 2 N–H and O–H groups in total. The number of halogens is 4. The first-order valence-electron chi connectivity index (χ1n) is 9.25. The first-order chi connectivity index (χ1) is 14.7. The maximum Gasteiger partial charge on any atom is 0.416 e. The second-order valence-electron chi connectivity index (χ2n) is 6.77. The normalized spacial score (nSPS) is 14.3. The van der Waals surface area contributed by atoms with E-state index in [1.807, 2.05) is 0 Å². The van der Waals surface area contributed by atoms with Crippen LogP contribution < -0.4 is 10.4 Å². The van der Waals surface area contributed by atoms with Crippen LogP contribution >= 0.6 is 11.6 Å². The van der Waals surface area contributed by atoms with Gasteiger partial charge in [0.1, 0.15) is 0 Å². The number of carbonyl (C=O) groups excluding carboxylic acids is 2. The minimum atomic E-state index is -4.60. The van der Waals surface area contributed by atoms with E-state index in [1.165, 1.54) is 39.5 Å². The zero-order chi connectivity index (χ0) is 22.6. The van der Waals surface area contributed by atoms with Gasteiger partial charge in [0.15, 0.2) is 0 Å². The molecule has 0 saturated carbocycles. The number of urea groups is 1. The number of hydrogen-bond donors (Lipinski definition) is 2. The van der Waals surface area contributed by atoms with E-state index in [1.54, 1.807) is 0 Å². The Hall–Kier alpha value is -2.82. The van der Waals surface area contributed by atoms with Gasteiger partial charge < -0.3 is 9.64 Å². The largest absolute Gasteiger partial charge is 0.416 e. The van der Waals surface area contributed by atoms with Crippen molar-refractivity contribution in [2.45, 2.75) is 12.7 Å². The Labute approximate surface area is 180 Å². The summed E-state index contributed by atoms with van der Waals surface area (Å²) in [6.07, 6.45) is -4.60. The molecule has 0 radical (unpaired) electrons. The van der Waals surface area contributed by atoms with Crippen molar-refractivity contribution in [3.05, 3.63) is 64.2 Å². The molecular formula is C20H19ClF3N3O4. The van der Waals surface area contributed by atoms with Gasteiger partial charge in [-0.05, 0) is 35.9 Å². The van der Waals surface area contributed by atoms with Crippen LogP contribution in [0.5, 0.6) is 0 Å². The first kappa shape index (κ1) is 22.9. The van der Waals surface area contributed by atoms with Crippen molar-refractivity contribution in [1.82, 2.24) is 10.4 Å². The maximum absolute atomic E-state index is 13.3. The maximum atomic E-state index is 13.3. The molecule has 1 aliphatic heterocycles. The van der Waals surface area contributed by atoms with Crippen molar-refractivity contribution >= 4 is 29.2 Å². The highest BCUT2D eigenvalue weighted by molar-refractivity contribution is 6.33. The summed E-state index contributed by atoms with van der Waals surface area (Å²) < 4.78 is 45.0. The van der Waals surface area contributed by atoms with Crippen molar-refractivity contribution in [2.75, 3.05) is 31.2 Å². The van der Waals surface area contributed by atoms with Crippen LogP contribution in [0.25, 0.3) is 0 Å². The summed E-state index contributed by atoms with van der Waals surface area (Å²) >= 11 is 6.19. The highest BCUT2D eigenvalue weighted by Crippen LogP contribution is 2.36. The summed E-state index contributed by atoms with van der Waals surface area (Å²) in [7, 11) is 0. The predicted molar refractivity (Wildman–Crippen MR) is 106 cm³/mol. The van der Waals surface area contributed by atoms with E-state index >= 15 is 0 Å². The molecule has 2 aromatic carbocycles. The zero-order valence-electron chi connectivity index (χ0n) is 16.2. The highest BCUT2D eigenvalue weighted by Gasteiger charge is 2.33. The topological polar surface area (TPSA) is 82.1 Å². The van der Waals surface area contributed by atoms with Crippen LogP contribution in [0, 0.1) is 0 Å². The molecule has 3 rings (SSSR count). The summed E-state index contributed by atoms with van der Waals surface area (Å²) in [4.78, 5) is 27.3. The third-order valence-electron chi connectivity index (χ3n) is 4.74. The smallest absolute Gasteiger partial charge is 0.378 e. The molecule has 1 fully saturated rings. The van der Waals surface area contributed by atoms with Crippen LogP contribution in [0.1, 0.15) is 21.5 Å². The van der Waals surface area contributed by atoms with E-state index in [0.717, 1.165) is 18.2 Å². The van der Waals surface area contributed by atoms with Gasteiger partial charge in [-0.15, -0.1) is 0 Å². The van der Waals surface area contributed by atoms with E-state index in [9.17, 15) is 22.8 Å². The average molecular weight is 458 g/mol. The zero-order valence-corrected chi connectivity index (χ0v) is 16.9. The molecule has 1 heterocycles. The van der Waals surface area contributed by atoms with E-state index < -0.39 is 23.7 Å². The Bertz CT molecular complexity index is 948. The molecule has 0 aliphatic carbocycles. The number of amides is 3. The lowest BCUT2D eigenvalue weighted by molar-refractivity contribution is -0.137. The first-order valence-corrected chi connectivity index (χ1v) is 9.63. The average Bonchev–Trinajstić information content (AvgIpc) is 2.77. The molecule has 0 aromatic heterocycles. The van der Waals surface area contributed by atoms with E-state index in [4.69, 9.17) is 21.5 Å². The monoisotopic (exact) mass is 457 g/mol. The van der Waals surface area contributed by atoms with Crippen molar-refractivity contribution in [1.29, 1.82) is 0 Å². The van der Waals surface area contributed by atoms with Crippen LogP contribution in [-0.4, -0.2) is 48.3 Å². The van der Waals surface area contributed by atoms with Gasteiger partial charge in [0, 0.05) is 18.7 Å². The lowest BCUT2D eigenvalue weighted by Gasteiger charge is -2.33. The molecule has 1 aliphatic rings. The number of ether oxygens (including phenoxy) is 1. The Morgan fingerprint density at radius 3 is 2.35 bits per heavy atom. The van der Waals surface area contributed by atoms with Crippen molar-refractivity contribution < 1.29 is 32.7 Å². The summed E-state index contributed by atoms with van der Waals surface area (Å²) in [5, 5.41) is 8.71. The summed E-state index contributed by atoms with van der Waals surface area (Å²) in [5.41, 5.74) is 1.22.